The summed E-state index contributed by atoms with van der Waals surface area (Å²) < 4.78 is 15.7. The van der Waals surface area contributed by atoms with Gasteiger partial charge in [-0.05, 0) is 47.3 Å². The number of hydrogen-bond acceptors (Lipinski definition) is 9. The summed E-state index contributed by atoms with van der Waals surface area (Å²) in [6.07, 6.45) is -5.70. The van der Waals surface area contributed by atoms with Gasteiger partial charge in [0.2, 0.25) is 0 Å². The van der Waals surface area contributed by atoms with Crippen LogP contribution in [-0.4, -0.2) is 88.1 Å². The van der Waals surface area contributed by atoms with Crippen molar-refractivity contribution < 1.29 is 44.5 Å². The third-order valence-electron chi connectivity index (χ3n) is 6.87. The lowest BCUT2D eigenvalue weighted by Crippen LogP contribution is -2.59. The molecule has 0 aliphatic carbocycles. The van der Waals surface area contributed by atoms with Crippen LogP contribution in [0.2, 0.25) is 0 Å². The highest BCUT2D eigenvalue weighted by atomic mass is 16.7. The summed E-state index contributed by atoms with van der Waals surface area (Å²) in [6, 6.07) is 0. The van der Waals surface area contributed by atoms with Gasteiger partial charge < -0.3 is 39.7 Å². The zero-order valence-corrected chi connectivity index (χ0v) is 24.7. The normalized spacial score (nSPS) is 27.6. The van der Waals surface area contributed by atoms with Crippen molar-refractivity contribution in [1.82, 2.24) is 0 Å². The van der Waals surface area contributed by atoms with Gasteiger partial charge in [-0.15, -0.1) is 0 Å². The smallest absolute Gasteiger partial charge is 0.306 e. The maximum absolute atomic E-state index is 12.6. The summed E-state index contributed by atoms with van der Waals surface area (Å²) in [4.78, 5) is 12.6. The lowest BCUT2D eigenvalue weighted by molar-refractivity contribution is -0.295. The SMILES string of the molecule is COC1OC(COC(=O)CC(C)(C)CC(C)(C)CC(O)C(O)CC(C)(C)CC(C)(C)C)C(O)C(O)C1O. The van der Waals surface area contributed by atoms with Gasteiger partial charge in [0.15, 0.2) is 6.29 Å². The van der Waals surface area contributed by atoms with Gasteiger partial charge >= 0.3 is 5.97 Å². The second kappa shape index (κ2) is 13.0. The molecule has 0 aromatic rings. The zero-order valence-electron chi connectivity index (χ0n) is 24.7. The van der Waals surface area contributed by atoms with Crippen LogP contribution in [-0.2, 0) is 19.0 Å². The van der Waals surface area contributed by atoms with Gasteiger partial charge in [-0.2, -0.15) is 0 Å². The van der Waals surface area contributed by atoms with Crippen molar-refractivity contribution in [2.24, 2.45) is 21.7 Å². The molecule has 1 rings (SSSR count). The summed E-state index contributed by atoms with van der Waals surface area (Å²) >= 11 is 0. The van der Waals surface area contributed by atoms with Crippen LogP contribution in [0.4, 0.5) is 0 Å². The van der Waals surface area contributed by atoms with E-state index in [1.165, 1.54) is 7.11 Å². The molecule has 0 aromatic carbocycles. The molecule has 0 bridgehead atoms. The van der Waals surface area contributed by atoms with Crippen LogP contribution >= 0.6 is 0 Å². The van der Waals surface area contributed by atoms with Crippen LogP contribution in [0.15, 0.2) is 0 Å². The first kappa shape index (κ1) is 34.2. The number of esters is 1. The molecule has 0 aromatic heterocycles. The van der Waals surface area contributed by atoms with Crippen molar-refractivity contribution in [3.8, 4) is 0 Å². The van der Waals surface area contributed by atoms with Crippen molar-refractivity contribution in [3.05, 3.63) is 0 Å². The van der Waals surface area contributed by atoms with Crippen LogP contribution < -0.4 is 0 Å². The number of carbonyl (C=O) groups excluding carboxylic acids is 1. The van der Waals surface area contributed by atoms with Crippen molar-refractivity contribution in [2.75, 3.05) is 13.7 Å². The van der Waals surface area contributed by atoms with E-state index >= 15 is 0 Å². The standard InChI is InChI=1S/C28H54O9/c1-25(2,3)15-26(4,5)11-17(29)18(30)12-27(6,7)16-28(8,9)13-20(31)36-14-19-21(32)22(33)23(34)24(35-10)37-19/h17-19,21-24,29-30,32-34H,11-16H2,1-10H3. The summed E-state index contributed by atoms with van der Waals surface area (Å²) in [5.74, 6) is -0.490. The monoisotopic (exact) mass is 534 g/mol. The van der Waals surface area contributed by atoms with E-state index in [1.54, 1.807) is 0 Å². The minimum absolute atomic E-state index is 0.0927. The number of aliphatic hydroxyl groups is 5. The van der Waals surface area contributed by atoms with E-state index in [1.807, 2.05) is 27.7 Å². The maximum Gasteiger partial charge on any atom is 0.306 e. The maximum atomic E-state index is 12.6. The molecular formula is C28H54O9. The highest BCUT2D eigenvalue weighted by Gasteiger charge is 2.44. The molecule has 9 heteroatoms. The van der Waals surface area contributed by atoms with E-state index in [0.717, 1.165) is 6.42 Å². The van der Waals surface area contributed by atoms with Crippen LogP contribution in [0.25, 0.3) is 0 Å². The zero-order chi connectivity index (χ0) is 29.0. The Morgan fingerprint density at radius 1 is 0.784 bits per heavy atom. The Morgan fingerprint density at radius 3 is 1.73 bits per heavy atom. The first-order valence-electron chi connectivity index (χ1n) is 13.3. The molecule has 0 saturated carbocycles. The Labute approximate surface area is 223 Å². The minimum atomic E-state index is -1.49. The fraction of sp³-hybridized carbons (Fsp3) is 0.964. The third-order valence-corrected chi connectivity index (χ3v) is 6.87. The molecule has 1 heterocycles. The van der Waals surface area contributed by atoms with Crippen molar-refractivity contribution in [1.29, 1.82) is 0 Å². The molecule has 0 radical (unpaired) electrons. The third kappa shape index (κ3) is 11.9. The quantitative estimate of drug-likeness (QED) is 0.225. The first-order chi connectivity index (χ1) is 16.6. The topological polar surface area (TPSA) is 146 Å². The van der Waals surface area contributed by atoms with Gasteiger partial charge in [-0.25, -0.2) is 0 Å². The molecule has 5 N–H and O–H groups in total. The van der Waals surface area contributed by atoms with Gasteiger partial charge in [0.05, 0.1) is 18.6 Å². The molecule has 1 fully saturated rings. The van der Waals surface area contributed by atoms with Gasteiger partial charge in [0.1, 0.15) is 31.0 Å². The number of rotatable bonds is 13. The summed E-state index contributed by atoms with van der Waals surface area (Å²) in [6.45, 7) is 18.4. The molecule has 0 spiro atoms. The Morgan fingerprint density at radius 2 is 1.27 bits per heavy atom. The fourth-order valence-electron chi connectivity index (χ4n) is 6.21. The highest BCUT2D eigenvalue weighted by Crippen LogP contribution is 2.41. The molecule has 0 amide bonds. The van der Waals surface area contributed by atoms with E-state index < -0.39 is 54.3 Å². The number of carbonyl (C=O) groups is 1. The van der Waals surface area contributed by atoms with E-state index in [4.69, 9.17) is 14.2 Å². The van der Waals surface area contributed by atoms with Gasteiger partial charge in [0, 0.05) is 7.11 Å². The number of hydrogen-bond donors (Lipinski definition) is 5. The van der Waals surface area contributed by atoms with Crippen LogP contribution in [0.1, 0.15) is 94.4 Å². The summed E-state index contributed by atoms with van der Waals surface area (Å²) in [7, 11) is 1.30. The van der Waals surface area contributed by atoms with E-state index in [2.05, 4.69) is 34.6 Å². The van der Waals surface area contributed by atoms with Crippen molar-refractivity contribution in [3.63, 3.8) is 0 Å². The van der Waals surface area contributed by atoms with E-state index in [0.29, 0.717) is 19.3 Å². The van der Waals surface area contributed by atoms with Gasteiger partial charge in [-0.1, -0.05) is 62.3 Å². The number of ether oxygens (including phenoxy) is 3. The molecule has 37 heavy (non-hydrogen) atoms. The number of aliphatic hydroxyl groups excluding tert-OH is 5. The predicted octanol–water partition coefficient (Wildman–Crippen LogP) is 2.78. The van der Waals surface area contributed by atoms with Crippen molar-refractivity contribution in [2.45, 2.75) is 137 Å². The van der Waals surface area contributed by atoms with E-state index in [9.17, 15) is 30.3 Å². The number of methoxy groups -OCH3 is 1. The van der Waals surface area contributed by atoms with Gasteiger partial charge in [0.25, 0.3) is 0 Å². The summed E-state index contributed by atoms with van der Waals surface area (Å²) in [5, 5.41) is 51.5. The Bertz CT molecular complexity index is 711. The van der Waals surface area contributed by atoms with Crippen LogP contribution in [0.3, 0.4) is 0 Å². The highest BCUT2D eigenvalue weighted by molar-refractivity contribution is 5.70. The fourth-order valence-corrected chi connectivity index (χ4v) is 6.21. The predicted molar refractivity (Wildman–Crippen MR) is 141 cm³/mol. The second-order valence-electron chi connectivity index (χ2n) is 14.6. The molecule has 1 aliphatic rings. The molecule has 9 nitrogen and oxygen atoms in total. The average Bonchev–Trinajstić information content (AvgIpc) is 2.67. The average molecular weight is 535 g/mol. The Balaban J connectivity index is 2.63. The largest absolute Gasteiger partial charge is 0.463 e. The Hall–Kier alpha value is -0.810. The molecule has 7 unspecified atom stereocenters. The molecule has 220 valence electrons. The molecular weight excluding hydrogens is 480 g/mol. The molecule has 7 atom stereocenters. The second-order valence-corrected chi connectivity index (χ2v) is 14.6. The Kier molecular flexibility index (Phi) is 12.0. The minimum Gasteiger partial charge on any atom is -0.463 e. The van der Waals surface area contributed by atoms with Crippen LogP contribution in [0, 0.1) is 21.7 Å². The van der Waals surface area contributed by atoms with E-state index in [-0.39, 0.29) is 29.3 Å². The summed E-state index contributed by atoms with van der Waals surface area (Å²) in [5.41, 5.74) is -0.806. The van der Waals surface area contributed by atoms with Crippen molar-refractivity contribution >= 4 is 5.97 Å². The molecule has 1 aliphatic heterocycles. The first-order valence-corrected chi connectivity index (χ1v) is 13.3. The van der Waals surface area contributed by atoms with Gasteiger partial charge in [-0.3, -0.25) is 4.79 Å². The lowest BCUT2D eigenvalue weighted by Gasteiger charge is -2.40. The lowest BCUT2D eigenvalue weighted by atomic mass is 9.69. The molecule has 1 saturated heterocycles. The van der Waals surface area contributed by atoms with Crippen LogP contribution in [0.5, 0.6) is 0 Å².